The monoisotopic (exact) mass is 182 g/mol. The number of phosphoric acid groups is 1. The molecule has 0 saturated heterocycles. The summed E-state index contributed by atoms with van der Waals surface area (Å²) in [6.07, 6.45) is 1.47. The van der Waals surface area contributed by atoms with Crippen molar-refractivity contribution < 1.29 is 19.2 Å². The molecule has 0 heterocycles. The Balaban J connectivity index is 0. The molecule has 64 valence electrons. The van der Waals surface area contributed by atoms with Gasteiger partial charge >= 0.3 is 7.82 Å². The van der Waals surface area contributed by atoms with Crippen molar-refractivity contribution in [3.05, 3.63) is 0 Å². The average Bonchev–Trinajstić information content (AvgIpc) is 1.58. The molecular formula is C2H7N4O4P. The van der Waals surface area contributed by atoms with Gasteiger partial charge < -0.3 is 20.4 Å². The van der Waals surface area contributed by atoms with Gasteiger partial charge in [0, 0.05) is 0 Å². The molecule has 0 amide bonds. The van der Waals surface area contributed by atoms with E-state index in [1.807, 2.05) is 5.32 Å². The van der Waals surface area contributed by atoms with Crippen LogP contribution in [0.5, 0.6) is 0 Å². The summed E-state index contributed by atoms with van der Waals surface area (Å²) in [5.41, 5.74) is 4.65. The van der Waals surface area contributed by atoms with Crippen LogP contribution in [0.2, 0.25) is 0 Å². The molecule has 0 atom stereocenters. The molecule has 0 unspecified atom stereocenters. The third-order valence-electron chi connectivity index (χ3n) is 0.191. The highest BCUT2D eigenvalue weighted by Gasteiger charge is 2.00. The summed E-state index contributed by atoms with van der Waals surface area (Å²) in [5.74, 6) is -0.322. The Morgan fingerprint density at radius 2 is 1.91 bits per heavy atom. The Hall–Kier alpha value is -1.13. The molecule has 0 aliphatic carbocycles. The van der Waals surface area contributed by atoms with Crippen LogP contribution in [-0.4, -0.2) is 20.6 Å². The zero-order valence-corrected chi connectivity index (χ0v) is 6.12. The van der Waals surface area contributed by atoms with Gasteiger partial charge in [-0.3, -0.25) is 10.7 Å². The van der Waals surface area contributed by atoms with Crippen LogP contribution in [0, 0.1) is 16.9 Å². The third kappa shape index (κ3) is 120. The Morgan fingerprint density at radius 3 is 1.91 bits per heavy atom. The van der Waals surface area contributed by atoms with Crippen molar-refractivity contribution in [2.24, 2.45) is 5.73 Å². The first-order valence-electron chi connectivity index (χ1n) is 2.04. The van der Waals surface area contributed by atoms with E-state index >= 15 is 0 Å². The van der Waals surface area contributed by atoms with Crippen LogP contribution in [0.3, 0.4) is 0 Å². The normalized spacial score (nSPS) is 8.55. The highest BCUT2D eigenvalue weighted by Crippen LogP contribution is 2.25. The molecule has 0 rings (SSSR count). The van der Waals surface area contributed by atoms with Crippen molar-refractivity contribution in [3.63, 3.8) is 0 Å². The molecule has 0 aliphatic heterocycles. The SMILES string of the molecule is N#CNC(=N)N.O=P(O)(O)O. The fourth-order valence-corrected chi connectivity index (χ4v) is 0.0602. The van der Waals surface area contributed by atoms with Crippen LogP contribution in [0.1, 0.15) is 0 Å². The van der Waals surface area contributed by atoms with E-state index in [0.717, 1.165) is 0 Å². The van der Waals surface area contributed by atoms with Crippen molar-refractivity contribution in [2.75, 3.05) is 0 Å². The van der Waals surface area contributed by atoms with E-state index in [-0.39, 0.29) is 5.96 Å². The first-order valence-corrected chi connectivity index (χ1v) is 3.61. The maximum atomic E-state index is 8.88. The summed E-state index contributed by atoms with van der Waals surface area (Å²) in [4.78, 5) is 21.6. The molecular weight excluding hydrogens is 175 g/mol. The largest absolute Gasteiger partial charge is 0.466 e. The zero-order valence-electron chi connectivity index (χ0n) is 5.22. The number of guanidine groups is 1. The van der Waals surface area contributed by atoms with Gasteiger partial charge in [-0.1, -0.05) is 0 Å². The molecule has 0 spiro atoms. The Labute approximate surface area is 62.0 Å². The van der Waals surface area contributed by atoms with Gasteiger partial charge in [0.05, 0.1) is 0 Å². The van der Waals surface area contributed by atoms with Crippen molar-refractivity contribution in [3.8, 4) is 6.19 Å². The lowest BCUT2D eigenvalue weighted by atomic mass is 11.0. The standard InChI is InChI=1S/C2H4N4.H3O4P/c3-1-6-2(4)5;1-5(2,3)4/h(H4,4,5,6);(H3,1,2,3,4). The van der Waals surface area contributed by atoms with Gasteiger partial charge in [-0.2, -0.15) is 5.26 Å². The molecule has 0 aromatic rings. The highest BCUT2D eigenvalue weighted by molar-refractivity contribution is 7.45. The lowest BCUT2D eigenvalue weighted by Crippen LogP contribution is -2.25. The summed E-state index contributed by atoms with van der Waals surface area (Å²) < 4.78 is 8.88. The van der Waals surface area contributed by atoms with Gasteiger partial charge in [-0.05, 0) is 0 Å². The first-order chi connectivity index (χ1) is 4.77. The second-order valence-electron chi connectivity index (χ2n) is 1.16. The second-order valence-corrected chi connectivity index (χ2v) is 2.19. The van der Waals surface area contributed by atoms with E-state index in [9.17, 15) is 0 Å². The van der Waals surface area contributed by atoms with Crippen LogP contribution >= 0.6 is 7.82 Å². The van der Waals surface area contributed by atoms with Crippen LogP contribution in [0.25, 0.3) is 0 Å². The maximum absolute atomic E-state index is 8.88. The van der Waals surface area contributed by atoms with Crippen molar-refractivity contribution in [1.29, 1.82) is 10.7 Å². The molecule has 0 bridgehead atoms. The quantitative estimate of drug-likeness (QED) is 0.0830. The van der Waals surface area contributed by atoms with Crippen molar-refractivity contribution in [1.82, 2.24) is 5.32 Å². The van der Waals surface area contributed by atoms with Gasteiger partial charge in [0.25, 0.3) is 0 Å². The molecule has 11 heavy (non-hydrogen) atoms. The molecule has 8 nitrogen and oxygen atoms in total. The van der Waals surface area contributed by atoms with Crippen LogP contribution in [0.4, 0.5) is 0 Å². The van der Waals surface area contributed by atoms with Crippen LogP contribution < -0.4 is 11.1 Å². The minimum atomic E-state index is -4.64. The Kier molecular flexibility index (Phi) is 6.43. The number of nitrogens with zero attached hydrogens (tertiary/aromatic N) is 1. The molecule has 0 aromatic carbocycles. The first kappa shape index (κ1) is 12.5. The fraction of sp³-hybridized carbons (Fsp3) is 0. The molecule has 0 aliphatic rings. The summed E-state index contributed by atoms with van der Waals surface area (Å²) in [6.45, 7) is 0. The minimum absolute atomic E-state index is 0.322. The van der Waals surface area contributed by atoms with Crippen LogP contribution in [0.15, 0.2) is 0 Å². The van der Waals surface area contributed by atoms with E-state index in [1.165, 1.54) is 6.19 Å². The molecule has 0 aromatic heterocycles. The van der Waals surface area contributed by atoms with Crippen LogP contribution in [-0.2, 0) is 4.57 Å². The number of hydrogen-bond donors (Lipinski definition) is 6. The molecule has 0 fully saturated rings. The summed E-state index contributed by atoms with van der Waals surface area (Å²) >= 11 is 0. The second kappa shape index (κ2) is 5.64. The van der Waals surface area contributed by atoms with E-state index in [1.54, 1.807) is 0 Å². The summed E-state index contributed by atoms with van der Waals surface area (Å²) in [6, 6.07) is 0. The van der Waals surface area contributed by atoms with E-state index in [4.69, 9.17) is 29.9 Å². The number of rotatable bonds is 0. The lowest BCUT2D eigenvalue weighted by molar-refractivity contribution is 0.275. The third-order valence-corrected chi connectivity index (χ3v) is 0.191. The smallest absolute Gasteiger partial charge is 0.369 e. The Bertz CT molecular complexity index is 194. The molecule has 0 saturated carbocycles. The predicted molar refractivity (Wildman–Crippen MR) is 34.9 cm³/mol. The maximum Gasteiger partial charge on any atom is 0.466 e. The van der Waals surface area contributed by atoms with E-state index in [0.29, 0.717) is 0 Å². The topological polar surface area (TPSA) is 163 Å². The van der Waals surface area contributed by atoms with Gasteiger partial charge in [0.1, 0.15) is 0 Å². The molecule has 7 N–H and O–H groups in total. The highest BCUT2D eigenvalue weighted by atomic mass is 31.2. The summed E-state index contributed by atoms with van der Waals surface area (Å²) in [5, 5.41) is 15.9. The van der Waals surface area contributed by atoms with Crippen molar-refractivity contribution >= 4 is 13.8 Å². The fourth-order valence-electron chi connectivity index (χ4n) is 0.0602. The molecule has 9 heteroatoms. The number of nitrogens with two attached hydrogens (primary N) is 1. The van der Waals surface area contributed by atoms with Gasteiger partial charge in [0.2, 0.25) is 0 Å². The van der Waals surface area contributed by atoms with E-state index < -0.39 is 7.82 Å². The number of hydrogen-bond acceptors (Lipinski definition) is 3. The van der Waals surface area contributed by atoms with Gasteiger partial charge in [-0.25, -0.2) is 4.57 Å². The van der Waals surface area contributed by atoms with Crippen molar-refractivity contribution in [2.45, 2.75) is 0 Å². The zero-order chi connectivity index (χ0) is 9.49. The minimum Gasteiger partial charge on any atom is -0.369 e. The summed E-state index contributed by atoms with van der Waals surface area (Å²) in [7, 11) is -4.64. The lowest BCUT2D eigenvalue weighted by Gasteiger charge is -1.82. The number of nitrogens with one attached hydrogen (secondary N) is 2. The Morgan fingerprint density at radius 1 is 1.64 bits per heavy atom. The predicted octanol–water partition coefficient (Wildman–Crippen LogP) is -1.98. The average molecular weight is 182 g/mol. The molecule has 0 radical (unpaired) electrons. The van der Waals surface area contributed by atoms with E-state index in [2.05, 4.69) is 5.73 Å². The van der Waals surface area contributed by atoms with Gasteiger partial charge in [-0.15, -0.1) is 0 Å². The number of nitriles is 1. The van der Waals surface area contributed by atoms with Gasteiger partial charge in [0.15, 0.2) is 12.2 Å².